The van der Waals surface area contributed by atoms with Crippen LogP contribution < -0.4 is 0 Å². The highest BCUT2D eigenvalue weighted by Gasteiger charge is 2.31. The molecule has 0 saturated carbocycles. The summed E-state index contributed by atoms with van der Waals surface area (Å²) in [6.45, 7) is 1.53. The van der Waals surface area contributed by atoms with Crippen LogP contribution in [0.25, 0.3) is 22.0 Å². The van der Waals surface area contributed by atoms with Crippen LogP contribution in [0.1, 0.15) is 30.0 Å². The first-order valence-corrected chi connectivity index (χ1v) is 11.2. The molecule has 0 amide bonds. The van der Waals surface area contributed by atoms with Crippen molar-refractivity contribution in [2.75, 3.05) is 13.1 Å². The fourth-order valence-corrected chi connectivity index (χ4v) is 4.84. The Kier molecular flexibility index (Phi) is 5.70. The largest absolute Gasteiger partial charge is 0.481 e. The molecule has 160 valence electrons. The number of carboxylic acids is 1. The molecule has 0 radical (unpaired) electrons. The number of fused-ring (bicyclic) bond motifs is 1. The van der Waals surface area contributed by atoms with Crippen LogP contribution in [-0.2, 0) is 4.79 Å². The minimum atomic E-state index is -0.678. The number of nitrogens with zero attached hydrogens (tertiary/aromatic N) is 2. The smallest absolute Gasteiger partial charge is 0.306 e. The molecule has 2 heterocycles. The zero-order chi connectivity index (χ0) is 21.9. The highest BCUT2D eigenvalue weighted by atomic mass is 16.4. The summed E-state index contributed by atoms with van der Waals surface area (Å²) in [7, 11) is 0. The van der Waals surface area contributed by atoms with Crippen molar-refractivity contribution in [3.63, 3.8) is 0 Å². The van der Waals surface area contributed by atoms with Crippen LogP contribution in [0.4, 0.5) is 0 Å². The second-order valence-electron chi connectivity index (χ2n) is 8.46. The molecule has 0 aliphatic carbocycles. The highest BCUT2D eigenvalue weighted by molar-refractivity contribution is 5.83. The molecule has 1 aliphatic heterocycles. The molecule has 1 aromatic heterocycles. The number of aliphatic carboxylic acids is 1. The van der Waals surface area contributed by atoms with Gasteiger partial charge in [-0.15, -0.1) is 0 Å². The Bertz CT molecular complexity index is 1210. The maximum atomic E-state index is 11.5. The fraction of sp³-hybridized carbons (Fsp3) is 0.214. The maximum absolute atomic E-state index is 11.5. The molecule has 0 bridgehead atoms. The van der Waals surface area contributed by atoms with Gasteiger partial charge >= 0.3 is 5.97 Å². The fourth-order valence-electron chi connectivity index (χ4n) is 4.84. The first kappa shape index (κ1) is 20.4. The monoisotopic (exact) mass is 422 g/mol. The van der Waals surface area contributed by atoms with E-state index < -0.39 is 5.97 Å². The lowest BCUT2D eigenvalue weighted by Crippen LogP contribution is -2.39. The van der Waals surface area contributed by atoms with Gasteiger partial charge in [-0.1, -0.05) is 72.8 Å². The lowest BCUT2D eigenvalue weighted by Gasteiger charge is -2.37. The number of benzene rings is 3. The van der Waals surface area contributed by atoms with Crippen molar-refractivity contribution < 1.29 is 9.90 Å². The van der Waals surface area contributed by atoms with Crippen LogP contribution in [-0.4, -0.2) is 34.0 Å². The number of carbonyl (C=O) groups is 1. The van der Waals surface area contributed by atoms with Crippen molar-refractivity contribution in [2.24, 2.45) is 5.92 Å². The first-order chi connectivity index (χ1) is 15.7. The Morgan fingerprint density at radius 1 is 0.844 bits per heavy atom. The van der Waals surface area contributed by atoms with E-state index in [1.165, 1.54) is 22.3 Å². The van der Waals surface area contributed by atoms with E-state index in [2.05, 4.69) is 76.6 Å². The third-order valence-electron chi connectivity index (χ3n) is 6.55. The molecule has 4 nitrogen and oxygen atoms in total. The molecule has 32 heavy (non-hydrogen) atoms. The third-order valence-corrected chi connectivity index (χ3v) is 6.55. The van der Waals surface area contributed by atoms with Gasteiger partial charge in [-0.2, -0.15) is 0 Å². The molecule has 3 aromatic carbocycles. The number of rotatable bonds is 5. The van der Waals surface area contributed by atoms with Crippen molar-refractivity contribution in [3.8, 4) is 11.1 Å². The molecule has 4 aromatic rings. The predicted molar refractivity (Wildman–Crippen MR) is 127 cm³/mol. The molecule has 0 spiro atoms. The average molecular weight is 423 g/mol. The van der Waals surface area contributed by atoms with Gasteiger partial charge in [-0.25, -0.2) is 0 Å². The Morgan fingerprint density at radius 2 is 1.50 bits per heavy atom. The molecule has 1 aliphatic rings. The van der Waals surface area contributed by atoms with Crippen LogP contribution >= 0.6 is 0 Å². The zero-order valence-corrected chi connectivity index (χ0v) is 17.9. The Morgan fingerprint density at radius 3 is 2.22 bits per heavy atom. The van der Waals surface area contributed by atoms with E-state index >= 15 is 0 Å². The van der Waals surface area contributed by atoms with Gasteiger partial charge in [0.2, 0.25) is 0 Å². The SMILES string of the molecule is O=C(O)C1CCN(C(c2ccc(-c3ccccc3)cc2)c2ccnc3ccccc23)CC1. The number of para-hydroxylation sites is 1. The summed E-state index contributed by atoms with van der Waals surface area (Å²) in [4.78, 5) is 18.5. The minimum Gasteiger partial charge on any atom is -0.481 e. The number of pyridine rings is 1. The first-order valence-electron chi connectivity index (χ1n) is 11.2. The second kappa shape index (κ2) is 8.93. The Labute approximate surface area is 188 Å². The van der Waals surface area contributed by atoms with Crippen molar-refractivity contribution >= 4 is 16.9 Å². The molecule has 1 unspecified atom stereocenters. The number of carboxylic acid groups (broad SMARTS) is 1. The topological polar surface area (TPSA) is 53.4 Å². The van der Waals surface area contributed by atoms with Crippen LogP contribution in [0, 0.1) is 5.92 Å². The van der Waals surface area contributed by atoms with E-state index in [0.29, 0.717) is 12.8 Å². The van der Waals surface area contributed by atoms with Gasteiger partial charge in [0.25, 0.3) is 0 Å². The highest BCUT2D eigenvalue weighted by Crippen LogP contribution is 2.36. The minimum absolute atomic E-state index is 0.0578. The standard InChI is InChI=1S/C28H26N2O2/c31-28(32)23-15-18-30(19-16-23)27(25-14-17-29-26-9-5-4-8-24(25)26)22-12-10-21(11-13-22)20-6-2-1-3-7-20/h1-14,17,23,27H,15-16,18-19H2,(H,31,32). The number of likely N-dealkylation sites (tertiary alicyclic amines) is 1. The zero-order valence-electron chi connectivity index (χ0n) is 17.9. The third kappa shape index (κ3) is 4.02. The Balaban J connectivity index is 1.55. The van der Waals surface area contributed by atoms with Gasteiger partial charge in [0.05, 0.1) is 17.5 Å². The predicted octanol–water partition coefficient (Wildman–Crippen LogP) is 5.79. The second-order valence-corrected chi connectivity index (χ2v) is 8.46. The van der Waals surface area contributed by atoms with E-state index in [0.717, 1.165) is 24.0 Å². The summed E-state index contributed by atoms with van der Waals surface area (Å²) in [5.74, 6) is -0.927. The molecule has 5 rings (SSSR count). The summed E-state index contributed by atoms with van der Waals surface area (Å²) in [5, 5.41) is 10.6. The number of hydrogen-bond acceptors (Lipinski definition) is 3. The number of piperidine rings is 1. The molecular weight excluding hydrogens is 396 g/mol. The van der Waals surface area contributed by atoms with Gasteiger partial charge in [-0.05, 0) is 60.3 Å². The van der Waals surface area contributed by atoms with E-state index in [1.54, 1.807) is 0 Å². The van der Waals surface area contributed by atoms with Crippen molar-refractivity contribution in [2.45, 2.75) is 18.9 Å². The molecule has 4 heteroatoms. The quantitative estimate of drug-likeness (QED) is 0.442. The summed E-state index contributed by atoms with van der Waals surface area (Å²) in [5.41, 5.74) is 5.81. The molecule has 1 N–H and O–H groups in total. The summed E-state index contributed by atoms with van der Waals surface area (Å²) < 4.78 is 0. The van der Waals surface area contributed by atoms with Gasteiger partial charge in [0, 0.05) is 11.6 Å². The Hall–Kier alpha value is -3.50. The molecule has 1 fully saturated rings. The van der Waals surface area contributed by atoms with Crippen molar-refractivity contribution in [1.29, 1.82) is 0 Å². The van der Waals surface area contributed by atoms with Gasteiger partial charge in [0.1, 0.15) is 0 Å². The van der Waals surface area contributed by atoms with Crippen LogP contribution in [0.3, 0.4) is 0 Å². The summed E-state index contributed by atoms with van der Waals surface area (Å²) >= 11 is 0. The van der Waals surface area contributed by atoms with Gasteiger partial charge in [0.15, 0.2) is 0 Å². The normalized spacial score (nSPS) is 16.1. The van der Waals surface area contributed by atoms with E-state index in [4.69, 9.17) is 0 Å². The van der Waals surface area contributed by atoms with Crippen LogP contribution in [0.5, 0.6) is 0 Å². The molecular formula is C28H26N2O2. The number of hydrogen-bond donors (Lipinski definition) is 1. The molecule has 1 saturated heterocycles. The summed E-state index contributed by atoms with van der Waals surface area (Å²) in [6, 6.07) is 29.6. The van der Waals surface area contributed by atoms with Gasteiger partial charge < -0.3 is 5.11 Å². The summed E-state index contributed by atoms with van der Waals surface area (Å²) in [6.07, 6.45) is 3.24. The lowest BCUT2D eigenvalue weighted by molar-refractivity contribution is -0.143. The van der Waals surface area contributed by atoms with Crippen molar-refractivity contribution in [1.82, 2.24) is 9.88 Å². The van der Waals surface area contributed by atoms with Crippen molar-refractivity contribution in [3.05, 3.63) is 102 Å². The lowest BCUT2D eigenvalue weighted by atomic mass is 9.89. The number of aromatic nitrogens is 1. The van der Waals surface area contributed by atoms with E-state index in [9.17, 15) is 9.90 Å². The molecule has 1 atom stereocenters. The van der Waals surface area contributed by atoms with Gasteiger partial charge in [-0.3, -0.25) is 14.7 Å². The average Bonchev–Trinajstić information content (AvgIpc) is 2.86. The van der Waals surface area contributed by atoms with Crippen LogP contribution in [0.2, 0.25) is 0 Å². The maximum Gasteiger partial charge on any atom is 0.306 e. The van der Waals surface area contributed by atoms with Crippen LogP contribution in [0.15, 0.2) is 91.1 Å². The van der Waals surface area contributed by atoms with E-state index in [1.807, 2.05) is 24.4 Å². The van der Waals surface area contributed by atoms with E-state index in [-0.39, 0.29) is 12.0 Å².